The lowest BCUT2D eigenvalue weighted by Crippen LogP contribution is -1.95. The van der Waals surface area contributed by atoms with Gasteiger partial charge in [-0.05, 0) is 42.9 Å². The van der Waals surface area contributed by atoms with Crippen LogP contribution in [0, 0.1) is 6.92 Å². The summed E-state index contributed by atoms with van der Waals surface area (Å²) < 4.78 is 0. The van der Waals surface area contributed by atoms with Gasteiger partial charge in [0, 0.05) is 12.7 Å². The van der Waals surface area contributed by atoms with E-state index < -0.39 is 0 Å². The third-order valence-electron chi connectivity index (χ3n) is 3.13. The topological polar surface area (TPSA) is 17.1 Å². The standard InChI is InChI=1S/C17H24OS/c1-5-15-11-13(3)12-16(6-2)17(15)9-7-8-10-19-14(4)18/h7,9,11-12H,5-6,8,10H2,1-4H3. The summed E-state index contributed by atoms with van der Waals surface area (Å²) in [7, 11) is 0. The molecular formula is C17H24OS. The summed E-state index contributed by atoms with van der Waals surface area (Å²) in [6.45, 7) is 8.20. The van der Waals surface area contributed by atoms with Crippen LogP contribution in [0.2, 0.25) is 0 Å². The van der Waals surface area contributed by atoms with Crippen LogP contribution in [-0.4, -0.2) is 10.9 Å². The van der Waals surface area contributed by atoms with Crippen LogP contribution in [-0.2, 0) is 17.6 Å². The average molecular weight is 276 g/mol. The maximum absolute atomic E-state index is 10.9. The third kappa shape index (κ3) is 5.23. The monoisotopic (exact) mass is 276 g/mol. The Morgan fingerprint density at radius 1 is 1.21 bits per heavy atom. The second kappa shape index (κ2) is 8.21. The fourth-order valence-electron chi connectivity index (χ4n) is 2.22. The van der Waals surface area contributed by atoms with Gasteiger partial charge in [-0.25, -0.2) is 0 Å². The van der Waals surface area contributed by atoms with Gasteiger partial charge in [0.2, 0.25) is 0 Å². The summed E-state index contributed by atoms with van der Waals surface area (Å²) in [5.41, 5.74) is 5.57. The highest BCUT2D eigenvalue weighted by molar-refractivity contribution is 8.13. The molecule has 0 aromatic heterocycles. The molecule has 0 aliphatic carbocycles. The van der Waals surface area contributed by atoms with Crippen molar-refractivity contribution in [1.29, 1.82) is 0 Å². The van der Waals surface area contributed by atoms with Crippen molar-refractivity contribution in [3.63, 3.8) is 0 Å². The molecule has 0 spiro atoms. The molecule has 1 nitrogen and oxygen atoms in total. The van der Waals surface area contributed by atoms with Gasteiger partial charge in [0.1, 0.15) is 0 Å². The van der Waals surface area contributed by atoms with Crippen molar-refractivity contribution in [2.24, 2.45) is 0 Å². The molecule has 0 atom stereocenters. The predicted octanol–water partition coefficient (Wildman–Crippen LogP) is 4.80. The Hall–Kier alpha value is -1.02. The predicted molar refractivity (Wildman–Crippen MR) is 86.7 cm³/mol. The lowest BCUT2D eigenvalue weighted by atomic mass is 9.94. The van der Waals surface area contributed by atoms with E-state index in [1.165, 1.54) is 34.0 Å². The minimum atomic E-state index is 0.201. The summed E-state index contributed by atoms with van der Waals surface area (Å²) in [6, 6.07) is 4.56. The molecule has 19 heavy (non-hydrogen) atoms. The average Bonchev–Trinajstić information content (AvgIpc) is 2.38. The van der Waals surface area contributed by atoms with Crippen LogP contribution in [0.5, 0.6) is 0 Å². The molecule has 0 unspecified atom stereocenters. The van der Waals surface area contributed by atoms with Gasteiger partial charge in [-0.3, -0.25) is 4.79 Å². The molecule has 0 radical (unpaired) electrons. The van der Waals surface area contributed by atoms with E-state index in [2.05, 4.69) is 45.1 Å². The normalized spacial score (nSPS) is 11.2. The first-order valence-corrected chi connectivity index (χ1v) is 7.99. The van der Waals surface area contributed by atoms with E-state index in [4.69, 9.17) is 0 Å². The minimum absolute atomic E-state index is 0.201. The van der Waals surface area contributed by atoms with E-state index in [0.717, 1.165) is 25.0 Å². The number of hydrogen-bond acceptors (Lipinski definition) is 2. The second-order valence-electron chi connectivity index (χ2n) is 4.74. The SMILES string of the molecule is CCc1cc(C)cc(CC)c1C=CCCSC(C)=O. The number of carbonyl (C=O) groups is 1. The highest BCUT2D eigenvalue weighted by atomic mass is 32.2. The fraction of sp³-hybridized carbons (Fsp3) is 0.471. The first kappa shape index (κ1) is 16.0. The summed E-state index contributed by atoms with van der Waals surface area (Å²) in [5, 5.41) is 0.201. The van der Waals surface area contributed by atoms with Crippen LogP contribution in [0.3, 0.4) is 0 Å². The van der Waals surface area contributed by atoms with Crippen molar-refractivity contribution < 1.29 is 4.79 Å². The van der Waals surface area contributed by atoms with Crippen LogP contribution in [0.4, 0.5) is 0 Å². The first-order chi connectivity index (χ1) is 9.08. The Bertz CT molecular complexity index is 435. The molecule has 0 saturated heterocycles. The number of carbonyl (C=O) groups excluding carboxylic acids is 1. The Morgan fingerprint density at radius 3 is 2.26 bits per heavy atom. The molecule has 0 amide bonds. The van der Waals surface area contributed by atoms with Gasteiger partial charge in [-0.2, -0.15) is 0 Å². The molecule has 1 aromatic rings. The number of thioether (sulfide) groups is 1. The van der Waals surface area contributed by atoms with Crippen molar-refractivity contribution in [2.45, 2.75) is 47.0 Å². The van der Waals surface area contributed by atoms with Crippen LogP contribution in [0.1, 0.15) is 49.4 Å². The van der Waals surface area contributed by atoms with E-state index in [1.54, 1.807) is 6.92 Å². The quantitative estimate of drug-likeness (QED) is 0.694. The van der Waals surface area contributed by atoms with Crippen molar-refractivity contribution in [2.75, 3.05) is 5.75 Å². The molecule has 2 heteroatoms. The highest BCUT2D eigenvalue weighted by Gasteiger charge is 2.04. The molecule has 1 rings (SSSR count). The second-order valence-corrected chi connectivity index (χ2v) is 6.01. The molecule has 0 heterocycles. The Labute approximate surface area is 121 Å². The Morgan fingerprint density at radius 2 is 1.79 bits per heavy atom. The van der Waals surface area contributed by atoms with Crippen molar-refractivity contribution in [1.82, 2.24) is 0 Å². The molecule has 0 N–H and O–H groups in total. The molecule has 1 aromatic carbocycles. The number of rotatable bonds is 6. The van der Waals surface area contributed by atoms with Crippen LogP contribution in [0.15, 0.2) is 18.2 Å². The first-order valence-electron chi connectivity index (χ1n) is 7.00. The minimum Gasteiger partial charge on any atom is -0.288 e. The van der Waals surface area contributed by atoms with E-state index in [0.29, 0.717) is 0 Å². The molecule has 104 valence electrons. The van der Waals surface area contributed by atoms with Crippen molar-refractivity contribution >= 4 is 23.0 Å². The zero-order chi connectivity index (χ0) is 14.3. The third-order valence-corrected chi connectivity index (χ3v) is 3.98. The highest BCUT2D eigenvalue weighted by Crippen LogP contribution is 2.21. The zero-order valence-electron chi connectivity index (χ0n) is 12.5. The zero-order valence-corrected chi connectivity index (χ0v) is 13.3. The Balaban J connectivity index is 2.80. The van der Waals surface area contributed by atoms with E-state index in [-0.39, 0.29) is 5.12 Å². The van der Waals surface area contributed by atoms with Crippen molar-refractivity contribution in [3.8, 4) is 0 Å². The smallest absolute Gasteiger partial charge is 0.185 e. The van der Waals surface area contributed by atoms with Crippen molar-refractivity contribution in [3.05, 3.63) is 40.5 Å². The van der Waals surface area contributed by atoms with Gasteiger partial charge in [-0.15, -0.1) is 0 Å². The largest absolute Gasteiger partial charge is 0.288 e. The van der Waals surface area contributed by atoms with Gasteiger partial charge in [0.25, 0.3) is 0 Å². The molecule has 0 aliphatic heterocycles. The number of hydrogen-bond donors (Lipinski definition) is 0. The summed E-state index contributed by atoms with van der Waals surface area (Å²) in [6.07, 6.45) is 7.51. The van der Waals surface area contributed by atoms with E-state index in [1.807, 2.05) is 0 Å². The Kier molecular flexibility index (Phi) is 6.93. The molecule has 0 fully saturated rings. The molecule has 0 bridgehead atoms. The molecule has 0 aliphatic rings. The number of allylic oxidation sites excluding steroid dienone is 1. The molecular weight excluding hydrogens is 252 g/mol. The fourth-order valence-corrected chi connectivity index (χ4v) is 2.77. The summed E-state index contributed by atoms with van der Waals surface area (Å²) >= 11 is 1.40. The van der Waals surface area contributed by atoms with E-state index >= 15 is 0 Å². The summed E-state index contributed by atoms with van der Waals surface area (Å²) in [5.74, 6) is 0.876. The number of aryl methyl sites for hydroxylation is 3. The van der Waals surface area contributed by atoms with Gasteiger partial charge in [-0.1, -0.05) is 55.5 Å². The van der Waals surface area contributed by atoms with Gasteiger partial charge in [0.05, 0.1) is 0 Å². The van der Waals surface area contributed by atoms with Gasteiger partial charge >= 0.3 is 0 Å². The summed E-state index contributed by atoms with van der Waals surface area (Å²) in [4.78, 5) is 10.9. The molecule has 0 saturated carbocycles. The maximum atomic E-state index is 10.9. The van der Waals surface area contributed by atoms with Gasteiger partial charge in [0.15, 0.2) is 5.12 Å². The lowest BCUT2D eigenvalue weighted by molar-refractivity contribution is -0.109. The van der Waals surface area contributed by atoms with Gasteiger partial charge < -0.3 is 0 Å². The maximum Gasteiger partial charge on any atom is 0.185 e. The number of benzene rings is 1. The van der Waals surface area contributed by atoms with Crippen LogP contribution in [0.25, 0.3) is 6.08 Å². The lowest BCUT2D eigenvalue weighted by Gasteiger charge is -2.11. The van der Waals surface area contributed by atoms with Crippen LogP contribution < -0.4 is 0 Å². The van der Waals surface area contributed by atoms with E-state index in [9.17, 15) is 4.79 Å². The van der Waals surface area contributed by atoms with Crippen LogP contribution >= 0.6 is 11.8 Å².